The van der Waals surface area contributed by atoms with Gasteiger partial charge in [-0.2, -0.15) is 0 Å². The normalized spacial score (nSPS) is 43.1. The van der Waals surface area contributed by atoms with Crippen molar-refractivity contribution < 1.29 is 110 Å². The third-order valence-electron chi connectivity index (χ3n) is 17.2. The van der Waals surface area contributed by atoms with Gasteiger partial charge in [-0.25, -0.2) is 4.79 Å². The molecule has 3 heterocycles. The van der Waals surface area contributed by atoms with Crippen LogP contribution in [0.5, 0.6) is 0 Å². The van der Waals surface area contributed by atoms with E-state index in [0.29, 0.717) is 37.7 Å². The van der Waals surface area contributed by atoms with Crippen molar-refractivity contribution in [2.75, 3.05) is 6.61 Å². The highest BCUT2D eigenvalue weighted by atomic mass is 16.8. The van der Waals surface area contributed by atoms with Gasteiger partial charge in [-0.05, 0) is 76.7 Å². The molecule has 3 aliphatic rings. The van der Waals surface area contributed by atoms with Crippen LogP contribution in [0.25, 0.3) is 0 Å². The van der Waals surface area contributed by atoms with E-state index in [0.717, 1.165) is 0 Å². The van der Waals surface area contributed by atoms with E-state index in [1.54, 1.807) is 58.9 Å². The third kappa shape index (κ3) is 23.9. The molecule has 3 aliphatic heterocycles. The molecule has 480 valence electrons. The Labute approximate surface area is 490 Å². The minimum Gasteiger partial charge on any atom is -0.462 e. The Balaban J connectivity index is 1.88. The van der Waals surface area contributed by atoms with Gasteiger partial charge in [0.1, 0.15) is 42.7 Å². The average Bonchev–Trinajstić information content (AvgIpc) is 4.00. The molecule has 0 aromatic heterocycles. The highest BCUT2D eigenvalue weighted by molar-refractivity contribution is 5.87. The molecule has 0 aromatic carbocycles. The van der Waals surface area contributed by atoms with Crippen LogP contribution in [0.1, 0.15) is 139 Å². The minimum atomic E-state index is -1.88. The lowest BCUT2D eigenvalue weighted by molar-refractivity contribution is -0.313. The molecule has 22 unspecified atom stereocenters. The fourth-order valence-corrected chi connectivity index (χ4v) is 10.9. The van der Waals surface area contributed by atoms with Crippen molar-refractivity contribution in [1.29, 1.82) is 0 Å². The summed E-state index contributed by atoms with van der Waals surface area (Å²) in [5.74, 6) is -5.08. The number of esters is 2. The lowest BCUT2D eigenvalue weighted by Gasteiger charge is -2.41. The monoisotopic (exact) mass is 1210 g/mol. The molecule has 0 aromatic rings. The van der Waals surface area contributed by atoms with E-state index in [4.69, 9.17) is 18.9 Å². The van der Waals surface area contributed by atoms with Gasteiger partial charge in [-0.1, -0.05) is 97.1 Å². The number of aliphatic hydroxyl groups excluding tert-OH is 16. The molecule has 0 bridgehead atoms. The third-order valence-corrected chi connectivity index (χ3v) is 17.2. The van der Waals surface area contributed by atoms with Crippen LogP contribution in [0.2, 0.25) is 0 Å². The van der Waals surface area contributed by atoms with Crippen LogP contribution in [0.15, 0.2) is 59.8 Å². The molecule has 22 heteroatoms. The van der Waals surface area contributed by atoms with Gasteiger partial charge in [0.15, 0.2) is 6.29 Å². The van der Waals surface area contributed by atoms with E-state index in [2.05, 4.69) is 0 Å². The van der Waals surface area contributed by atoms with Crippen molar-refractivity contribution in [1.82, 2.24) is 0 Å². The Morgan fingerprint density at radius 2 is 1.17 bits per heavy atom. The number of aliphatic hydroxyl groups is 16. The van der Waals surface area contributed by atoms with E-state index >= 15 is 0 Å². The Kier molecular flexibility index (Phi) is 32.4. The zero-order valence-corrected chi connectivity index (χ0v) is 50.0. The Bertz CT molecular complexity index is 2050. The standard InChI is InChI=1S/C61H104O22/c1-31-14-10-11-18-45(68)36(6)55(74)32(2)15-12-16-34(4)60(79)81-49(39(9)50-22-23-53(72)80-50)19-13-17-40(63)25-41(64)27-46(69)37(7)56(75)38(8)47(70)28-42(65)26-43(66)29-48(71)51(24-35(5)54(73)33(3)20-21-44(31)67)82-61-59(78)58(77)57(76)52(30-62)83-61/h10,13-14,16-17,20-21,24,31-33,36-52,54-59,61-71,73-78H,11-12,15,18-19,22-23,25-30H2,1-9H3/t31?,32?,33?,36?,37?,38?,39?,40?,41?,42?,43?,44?,45?,46?,47?,48?,49?,50?,51?,52-,54?,55?,56?,57-,58+,59+,61+/m1/s1/i11+1,13+1,14+1,15+1,16+1,20+1,24+1,40+1,41+1,42+1,43+1,44+1,45+1,46+1,47+1,48+1,49+1,53+1,54+1,55+1,56+1,60+1,61+1. The first-order chi connectivity index (χ1) is 38.9. The minimum absolute atomic E-state index is 0.118. The second-order valence-corrected chi connectivity index (χ2v) is 24.3. The lowest BCUT2D eigenvalue weighted by atomic mass is 10.0. The molecule has 2 saturated heterocycles. The second-order valence-electron chi connectivity index (χ2n) is 24.3. The number of carbonyl (C=O) groups is 2. The van der Waals surface area contributed by atoms with Crippen LogP contribution < -0.4 is 0 Å². The van der Waals surface area contributed by atoms with Gasteiger partial charge in [-0.15, -0.1) is 0 Å². The first kappa shape index (κ1) is 74.2. The van der Waals surface area contributed by atoms with Gasteiger partial charge < -0.3 is 101 Å². The fourth-order valence-electron chi connectivity index (χ4n) is 10.9. The van der Waals surface area contributed by atoms with Crippen LogP contribution in [-0.2, 0) is 28.5 Å². The summed E-state index contributed by atoms with van der Waals surface area (Å²) in [6.45, 7) is 14.2. The molecule has 0 aliphatic carbocycles. The van der Waals surface area contributed by atoms with E-state index in [1.807, 2.05) is 13.0 Å². The van der Waals surface area contributed by atoms with Crippen molar-refractivity contribution in [2.24, 2.45) is 41.4 Å². The zero-order valence-electron chi connectivity index (χ0n) is 50.0. The number of ether oxygens (including phenoxy) is 4. The molecule has 0 radical (unpaired) electrons. The maximum Gasteiger partial charge on any atom is 0.333 e. The van der Waals surface area contributed by atoms with Gasteiger partial charge in [0.25, 0.3) is 0 Å². The van der Waals surface area contributed by atoms with Gasteiger partial charge in [0.05, 0.1) is 79.9 Å². The summed E-state index contributed by atoms with van der Waals surface area (Å²) in [5.41, 5.74) is 0.540. The van der Waals surface area contributed by atoms with Crippen LogP contribution >= 0.6 is 0 Å². The molecular formula is C61H104O22. The molecule has 0 amide bonds. The maximum absolute atomic E-state index is 13.5. The average molecular weight is 1210 g/mol. The van der Waals surface area contributed by atoms with E-state index in [-0.39, 0.29) is 49.6 Å². The van der Waals surface area contributed by atoms with Crippen LogP contribution in [0, 0.1) is 41.4 Å². The van der Waals surface area contributed by atoms with Gasteiger partial charge in [0.2, 0.25) is 0 Å². The molecular weight excluding hydrogens is 1110 g/mol. The van der Waals surface area contributed by atoms with Crippen molar-refractivity contribution in [3.05, 3.63) is 59.8 Å². The largest absolute Gasteiger partial charge is 0.462 e. The molecule has 22 nitrogen and oxygen atoms in total. The summed E-state index contributed by atoms with van der Waals surface area (Å²) in [6.07, 6.45) is -13.0. The van der Waals surface area contributed by atoms with E-state index in [9.17, 15) is 91.3 Å². The Hall–Kier alpha value is -3.08. The molecule has 0 spiro atoms. The maximum atomic E-state index is 13.5. The number of carbonyl (C=O) groups excluding carboxylic acids is 2. The zero-order chi connectivity index (χ0) is 62.6. The summed E-state index contributed by atoms with van der Waals surface area (Å²) in [7, 11) is 0. The van der Waals surface area contributed by atoms with Crippen molar-refractivity contribution in [3.8, 4) is 0 Å². The summed E-state index contributed by atoms with van der Waals surface area (Å²) < 4.78 is 22.9. The summed E-state index contributed by atoms with van der Waals surface area (Å²) >= 11 is 0. The van der Waals surface area contributed by atoms with Gasteiger partial charge in [-0.3, -0.25) is 4.79 Å². The lowest BCUT2D eigenvalue weighted by Crippen LogP contribution is -2.60. The molecule has 3 rings (SSSR count). The summed E-state index contributed by atoms with van der Waals surface area (Å²) in [5, 5.41) is 175. The van der Waals surface area contributed by atoms with Crippen molar-refractivity contribution in [2.45, 2.75) is 262 Å². The van der Waals surface area contributed by atoms with Gasteiger partial charge in [0, 0.05) is 66.8 Å². The highest BCUT2D eigenvalue weighted by Crippen LogP contribution is 2.31. The van der Waals surface area contributed by atoms with Crippen LogP contribution in [0.4, 0.5) is 0 Å². The Morgan fingerprint density at radius 1 is 0.578 bits per heavy atom. The highest BCUT2D eigenvalue weighted by Gasteiger charge is 2.46. The number of allylic oxidation sites excluding steroid dienone is 2. The van der Waals surface area contributed by atoms with Crippen molar-refractivity contribution >= 4 is 11.9 Å². The predicted molar refractivity (Wildman–Crippen MR) is 305 cm³/mol. The topological polar surface area (TPSA) is 395 Å². The smallest absolute Gasteiger partial charge is 0.333 e. The predicted octanol–water partition coefficient (Wildman–Crippen LogP) is 1.05. The SMILES string of the molecule is CC1=[13CH]C[13CH2]C(C)[13CH](O)C(C)[13CH](O)C[13CH2]C=[13CH]C(C)[13CH](O)C=[13CH]C(C)[13CH](O)C(C)=[13CH]C(O[13C@H]2O[C@H](CO)[C@@H](O)[C@H](O)[C@@H]2O)[13CH](O)C[13CH](O)C[13CH](O)C[13CH](O)C(C)[13CH](O)C(C)[13CH](O)C[13CH](O)C[13CH](O)C=[13CH]C[13CH](C(C)C2CC[13C](=O)O2)O[13C]1=O. The second kappa shape index (κ2) is 36.3. The van der Waals surface area contributed by atoms with E-state index < -0.39 is 183 Å². The molecule has 83 heavy (non-hydrogen) atoms. The Morgan fingerprint density at radius 3 is 1.76 bits per heavy atom. The summed E-state index contributed by atoms with van der Waals surface area (Å²) in [6, 6.07) is 0. The first-order valence-electron chi connectivity index (χ1n) is 29.8. The molecule has 0 saturated carbocycles. The van der Waals surface area contributed by atoms with Crippen molar-refractivity contribution in [3.63, 3.8) is 0 Å². The quantitative estimate of drug-likeness (QED) is 0.104. The number of rotatable bonds is 5. The molecule has 2 fully saturated rings. The molecule has 16 N–H and O–H groups in total. The van der Waals surface area contributed by atoms with Crippen LogP contribution in [0.3, 0.4) is 0 Å². The number of cyclic esters (lactones) is 2. The fraction of sp³-hybridized carbons (Fsp3) is 0.803. The first-order valence-corrected chi connectivity index (χ1v) is 29.8. The van der Waals surface area contributed by atoms with E-state index in [1.165, 1.54) is 39.0 Å². The molecule has 27 atom stereocenters. The summed E-state index contributed by atoms with van der Waals surface area (Å²) in [4.78, 5) is 25.5. The van der Waals surface area contributed by atoms with Gasteiger partial charge >= 0.3 is 11.9 Å². The number of hydrogen-bond acceptors (Lipinski definition) is 22. The number of hydrogen-bond donors (Lipinski definition) is 16. The van der Waals surface area contributed by atoms with Crippen LogP contribution in [-0.4, -0.2) is 223 Å².